The van der Waals surface area contributed by atoms with Crippen molar-refractivity contribution in [3.8, 4) is 0 Å². The van der Waals surface area contributed by atoms with Crippen molar-refractivity contribution in [3.05, 3.63) is 77.9 Å². The minimum Gasteiger partial charge on any atom is -0.295 e. The van der Waals surface area contributed by atoms with Crippen LogP contribution in [0.25, 0.3) is 6.08 Å². The number of hydrogen-bond donors (Lipinski definition) is 0. The van der Waals surface area contributed by atoms with Gasteiger partial charge in [-0.1, -0.05) is 79.7 Å². The second kappa shape index (κ2) is 8.87. The van der Waals surface area contributed by atoms with Crippen LogP contribution >= 0.6 is 0 Å². The monoisotopic (exact) mass is 252 g/mol. The molecule has 0 unspecified atom stereocenters. The summed E-state index contributed by atoms with van der Waals surface area (Å²) in [5.41, 5.74) is 2.06. The van der Waals surface area contributed by atoms with E-state index < -0.39 is 0 Å². The van der Waals surface area contributed by atoms with Crippen LogP contribution in [0.4, 0.5) is 0 Å². The number of allylic oxidation sites excluding steroid dienone is 1. The van der Waals surface area contributed by atoms with Gasteiger partial charge in [-0.2, -0.15) is 0 Å². The van der Waals surface area contributed by atoms with E-state index >= 15 is 0 Å². The number of carbonyl (C=O) groups excluding carboxylic acids is 1. The van der Waals surface area contributed by atoms with E-state index in [9.17, 15) is 4.79 Å². The predicted molar refractivity (Wildman–Crippen MR) is 82.2 cm³/mol. The maximum absolute atomic E-state index is 10.6. The summed E-state index contributed by atoms with van der Waals surface area (Å²) in [7, 11) is 0. The molecule has 19 heavy (non-hydrogen) atoms. The van der Waals surface area contributed by atoms with Gasteiger partial charge in [0.15, 0.2) is 5.78 Å². The largest absolute Gasteiger partial charge is 0.295 e. The number of rotatable bonds is 3. The van der Waals surface area contributed by atoms with Crippen molar-refractivity contribution in [1.82, 2.24) is 0 Å². The second-order valence-electron chi connectivity index (χ2n) is 4.14. The van der Waals surface area contributed by atoms with Crippen LogP contribution in [0.3, 0.4) is 0 Å². The molecule has 0 fully saturated rings. The third kappa shape index (κ3) is 6.37. The number of hydrogen-bond acceptors (Lipinski definition) is 1. The van der Waals surface area contributed by atoms with Gasteiger partial charge < -0.3 is 0 Å². The van der Waals surface area contributed by atoms with E-state index in [1.54, 1.807) is 6.92 Å². The van der Waals surface area contributed by atoms with E-state index in [-0.39, 0.29) is 5.78 Å². The number of Topliss-reactive ketones (excluding diaryl/α,β-unsaturated/α-hetero) is 1. The third-order valence-electron chi connectivity index (χ3n) is 2.53. The molecule has 2 rings (SSSR count). The van der Waals surface area contributed by atoms with E-state index in [2.05, 4.69) is 43.3 Å². The highest BCUT2D eigenvalue weighted by molar-refractivity contribution is 5.93. The first-order valence-electron chi connectivity index (χ1n) is 6.51. The standard InChI is InChI=1S/C10H12.C8H8O/c1-2-3-7-10-8-5-4-6-9-10;1-7(9)8-5-3-2-4-6-8/h3-9H,2H2,1H3;2-6H,1H3. The van der Waals surface area contributed by atoms with Crippen LogP contribution in [-0.4, -0.2) is 5.78 Å². The van der Waals surface area contributed by atoms with Crippen molar-refractivity contribution < 1.29 is 4.79 Å². The summed E-state index contributed by atoms with van der Waals surface area (Å²) in [5.74, 6) is 0.121. The van der Waals surface area contributed by atoms with Crippen LogP contribution in [0.15, 0.2) is 66.7 Å². The molecule has 0 atom stereocenters. The predicted octanol–water partition coefficient (Wildman–Crippen LogP) is 5.00. The summed E-state index contributed by atoms with van der Waals surface area (Å²) in [5, 5.41) is 0. The Morgan fingerprint density at radius 3 is 1.89 bits per heavy atom. The van der Waals surface area contributed by atoms with Crippen molar-refractivity contribution in [2.45, 2.75) is 20.3 Å². The van der Waals surface area contributed by atoms with E-state index in [1.165, 1.54) is 5.56 Å². The Labute approximate surface area is 115 Å². The molecule has 0 radical (unpaired) electrons. The molecular formula is C18H20O. The zero-order valence-corrected chi connectivity index (χ0v) is 11.5. The Hall–Kier alpha value is -2.15. The summed E-state index contributed by atoms with van der Waals surface area (Å²) in [6.45, 7) is 3.70. The Morgan fingerprint density at radius 2 is 1.47 bits per heavy atom. The second-order valence-corrected chi connectivity index (χ2v) is 4.14. The van der Waals surface area contributed by atoms with Gasteiger partial charge in [0.1, 0.15) is 0 Å². The van der Waals surface area contributed by atoms with Gasteiger partial charge in [-0.3, -0.25) is 4.79 Å². The van der Waals surface area contributed by atoms with Crippen molar-refractivity contribution in [2.75, 3.05) is 0 Å². The van der Waals surface area contributed by atoms with E-state index in [4.69, 9.17) is 0 Å². The van der Waals surface area contributed by atoms with Crippen molar-refractivity contribution in [3.63, 3.8) is 0 Å². The lowest BCUT2D eigenvalue weighted by molar-refractivity contribution is 0.101. The molecule has 2 aromatic rings. The first-order chi connectivity index (χ1) is 9.24. The van der Waals surface area contributed by atoms with Gasteiger partial charge in [-0.05, 0) is 18.9 Å². The lowest BCUT2D eigenvalue weighted by atomic mass is 10.2. The fraction of sp³-hybridized carbons (Fsp3) is 0.167. The third-order valence-corrected chi connectivity index (χ3v) is 2.53. The Kier molecular flexibility index (Phi) is 6.96. The molecule has 2 aromatic carbocycles. The zero-order chi connectivity index (χ0) is 13.9. The molecule has 0 bridgehead atoms. The topological polar surface area (TPSA) is 17.1 Å². The van der Waals surface area contributed by atoms with Gasteiger partial charge >= 0.3 is 0 Å². The maximum Gasteiger partial charge on any atom is 0.159 e. The molecule has 0 aliphatic rings. The zero-order valence-electron chi connectivity index (χ0n) is 11.5. The molecule has 0 N–H and O–H groups in total. The molecule has 0 saturated heterocycles. The van der Waals surface area contributed by atoms with Crippen LogP contribution in [-0.2, 0) is 0 Å². The molecule has 0 heterocycles. The van der Waals surface area contributed by atoms with Crippen LogP contribution in [0, 0.1) is 0 Å². The van der Waals surface area contributed by atoms with E-state index in [1.807, 2.05) is 36.4 Å². The van der Waals surface area contributed by atoms with Crippen LogP contribution in [0.1, 0.15) is 36.2 Å². The fourth-order valence-electron chi connectivity index (χ4n) is 1.49. The summed E-state index contributed by atoms with van der Waals surface area (Å²) in [6.07, 6.45) is 5.41. The summed E-state index contributed by atoms with van der Waals surface area (Å²) in [4.78, 5) is 10.6. The van der Waals surface area contributed by atoms with Crippen LogP contribution in [0.5, 0.6) is 0 Å². The van der Waals surface area contributed by atoms with E-state index in [0.717, 1.165) is 12.0 Å². The normalized spacial score (nSPS) is 9.79. The first kappa shape index (κ1) is 14.9. The molecule has 0 aromatic heterocycles. The molecule has 0 aliphatic carbocycles. The van der Waals surface area contributed by atoms with Gasteiger partial charge in [0.25, 0.3) is 0 Å². The number of benzene rings is 2. The Balaban J connectivity index is 0.000000191. The smallest absolute Gasteiger partial charge is 0.159 e. The molecular weight excluding hydrogens is 232 g/mol. The van der Waals surface area contributed by atoms with Gasteiger partial charge in [0, 0.05) is 5.56 Å². The highest BCUT2D eigenvalue weighted by Crippen LogP contribution is 2.01. The SMILES string of the molecule is CC(=O)c1ccccc1.CCC=Cc1ccccc1. The van der Waals surface area contributed by atoms with Crippen molar-refractivity contribution in [2.24, 2.45) is 0 Å². The molecule has 0 spiro atoms. The average molecular weight is 252 g/mol. The van der Waals surface area contributed by atoms with Crippen LogP contribution in [0.2, 0.25) is 0 Å². The molecule has 0 amide bonds. The van der Waals surface area contributed by atoms with E-state index in [0.29, 0.717) is 0 Å². The molecule has 1 heteroatoms. The highest BCUT2D eigenvalue weighted by atomic mass is 16.1. The first-order valence-corrected chi connectivity index (χ1v) is 6.51. The Morgan fingerprint density at radius 1 is 0.947 bits per heavy atom. The quantitative estimate of drug-likeness (QED) is 0.703. The van der Waals surface area contributed by atoms with Gasteiger partial charge in [-0.15, -0.1) is 0 Å². The van der Waals surface area contributed by atoms with Crippen LogP contribution < -0.4 is 0 Å². The number of ketones is 1. The number of carbonyl (C=O) groups is 1. The maximum atomic E-state index is 10.6. The minimum atomic E-state index is 0.121. The molecule has 98 valence electrons. The molecule has 0 saturated carbocycles. The summed E-state index contributed by atoms with van der Waals surface area (Å²) in [6, 6.07) is 19.6. The van der Waals surface area contributed by atoms with Gasteiger partial charge in [-0.25, -0.2) is 0 Å². The fourth-order valence-corrected chi connectivity index (χ4v) is 1.49. The highest BCUT2D eigenvalue weighted by Gasteiger charge is 1.92. The molecule has 0 aliphatic heterocycles. The van der Waals surface area contributed by atoms with Gasteiger partial charge in [0.05, 0.1) is 0 Å². The van der Waals surface area contributed by atoms with Crippen molar-refractivity contribution in [1.29, 1.82) is 0 Å². The summed E-state index contributed by atoms with van der Waals surface area (Å²) < 4.78 is 0. The lowest BCUT2D eigenvalue weighted by Crippen LogP contribution is -1.88. The van der Waals surface area contributed by atoms with Gasteiger partial charge in [0.2, 0.25) is 0 Å². The molecule has 1 nitrogen and oxygen atoms in total. The Bertz CT molecular complexity index is 498. The average Bonchev–Trinajstić information content (AvgIpc) is 2.48. The van der Waals surface area contributed by atoms with Crippen molar-refractivity contribution >= 4 is 11.9 Å². The lowest BCUT2D eigenvalue weighted by Gasteiger charge is -1.89. The summed E-state index contributed by atoms with van der Waals surface area (Å²) >= 11 is 0. The minimum absolute atomic E-state index is 0.121.